The summed E-state index contributed by atoms with van der Waals surface area (Å²) in [5.41, 5.74) is -1.46. The van der Waals surface area contributed by atoms with Crippen molar-refractivity contribution in [1.29, 1.82) is 0 Å². The zero-order valence-electron chi connectivity index (χ0n) is 34.3. The van der Waals surface area contributed by atoms with E-state index >= 15 is 0 Å². The Labute approximate surface area is 344 Å². The van der Waals surface area contributed by atoms with Gasteiger partial charge in [-0.3, -0.25) is 29.8 Å². The molecular formula is C39H47N5O16. The zero-order chi connectivity index (χ0) is 44.6. The molecule has 2 heterocycles. The van der Waals surface area contributed by atoms with Gasteiger partial charge < -0.3 is 47.9 Å². The van der Waals surface area contributed by atoms with E-state index in [9.17, 15) is 44.2 Å². The van der Waals surface area contributed by atoms with Crippen LogP contribution in [0.15, 0.2) is 48.6 Å². The van der Waals surface area contributed by atoms with Gasteiger partial charge in [0, 0.05) is 50.2 Å². The number of carbonyl (C=O) groups is 5. The number of carbonyl (C=O) groups excluding carboxylic acids is 5. The highest BCUT2D eigenvalue weighted by Crippen LogP contribution is 2.38. The standard InChI is InChI=1S/C39H47N5O16/c1-22-14-28(36(47)56-8)41(20-22)34(45)24-16-26(43(50)51)32(18-30(24)54-6)58-12-10-40(38(49)60-39(3,4)5)11-13-59-33-19-31(55-7)25(17-27(33)44(52)53)35(46)42-21-23(2)15-29(42)37(48)57-9/h16-19,28-29H,1-2,10-15,20-21H2,3-9H3/t28-,29-/m0/s1. The molecule has 0 aliphatic carbocycles. The third-order valence-electron chi connectivity index (χ3n) is 9.28. The fourth-order valence-corrected chi connectivity index (χ4v) is 6.47. The van der Waals surface area contributed by atoms with Crippen molar-refractivity contribution in [2.24, 2.45) is 0 Å². The SMILES string of the molecule is C=C1C[C@@H](C(=O)OC)N(C(=O)c2cc([N+](=O)[O-])c(OCCN(CCOc3cc(OC)c(C(=O)N4CC(=C)C[C@H]4C(=O)OC)cc3[N+](=O)[O-])C(=O)OC(C)(C)C)cc2OC)C1. The summed E-state index contributed by atoms with van der Waals surface area (Å²) in [5.74, 6) is -3.66. The second-order valence-corrected chi connectivity index (χ2v) is 14.6. The van der Waals surface area contributed by atoms with Crippen LogP contribution >= 0.6 is 0 Å². The topological polar surface area (TPSA) is 246 Å². The lowest BCUT2D eigenvalue weighted by Crippen LogP contribution is -2.41. The molecule has 0 bridgehead atoms. The van der Waals surface area contributed by atoms with Crippen molar-refractivity contribution >= 4 is 41.2 Å². The molecule has 2 atom stereocenters. The van der Waals surface area contributed by atoms with Crippen molar-refractivity contribution in [3.8, 4) is 23.0 Å². The Morgan fingerprint density at radius 2 is 1.08 bits per heavy atom. The number of esters is 2. The van der Waals surface area contributed by atoms with Crippen molar-refractivity contribution in [3.63, 3.8) is 0 Å². The van der Waals surface area contributed by atoms with Crippen LogP contribution in [0.25, 0.3) is 0 Å². The number of methoxy groups -OCH3 is 4. The van der Waals surface area contributed by atoms with E-state index in [1.54, 1.807) is 20.8 Å². The van der Waals surface area contributed by atoms with E-state index in [0.29, 0.717) is 11.1 Å². The number of nitro benzene ring substituents is 2. The van der Waals surface area contributed by atoms with Gasteiger partial charge in [-0.2, -0.15) is 0 Å². The molecule has 0 aromatic heterocycles. The third-order valence-corrected chi connectivity index (χ3v) is 9.28. The molecule has 0 saturated carbocycles. The molecule has 0 spiro atoms. The molecule has 0 unspecified atom stereocenters. The summed E-state index contributed by atoms with van der Waals surface area (Å²) >= 11 is 0. The van der Waals surface area contributed by atoms with E-state index in [4.69, 9.17) is 33.2 Å². The summed E-state index contributed by atoms with van der Waals surface area (Å²) < 4.78 is 37.5. The number of benzene rings is 2. The summed E-state index contributed by atoms with van der Waals surface area (Å²) in [6.07, 6.45) is -0.537. The third kappa shape index (κ3) is 10.6. The molecule has 60 heavy (non-hydrogen) atoms. The number of hydrogen-bond acceptors (Lipinski definition) is 16. The summed E-state index contributed by atoms with van der Waals surface area (Å²) in [4.78, 5) is 91.7. The lowest BCUT2D eigenvalue weighted by Gasteiger charge is -2.27. The summed E-state index contributed by atoms with van der Waals surface area (Å²) in [6.45, 7) is 11.4. The van der Waals surface area contributed by atoms with Crippen LogP contribution in [0.4, 0.5) is 16.2 Å². The van der Waals surface area contributed by atoms with Gasteiger partial charge in [-0.05, 0) is 20.8 Å². The Hall–Kier alpha value is -6.93. The zero-order valence-corrected chi connectivity index (χ0v) is 34.3. The summed E-state index contributed by atoms with van der Waals surface area (Å²) in [5, 5.41) is 24.4. The first kappa shape index (κ1) is 45.8. The second kappa shape index (κ2) is 19.2. The quantitative estimate of drug-likeness (QED) is 0.0759. The van der Waals surface area contributed by atoms with E-state index in [1.165, 1.54) is 38.2 Å². The maximum absolute atomic E-state index is 13.6. The van der Waals surface area contributed by atoms with Crippen LogP contribution in [0.5, 0.6) is 23.0 Å². The van der Waals surface area contributed by atoms with E-state index in [0.717, 1.165) is 29.2 Å². The second-order valence-electron chi connectivity index (χ2n) is 14.6. The summed E-state index contributed by atoms with van der Waals surface area (Å²) in [6, 6.07) is 2.23. The molecule has 2 aliphatic rings. The van der Waals surface area contributed by atoms with Gasteiger partial charge in [-0.15, -0.1) is 0 Å². The molecule has 4 rings (SSSR count). The lowest BCUT2D eigenvalue weighted by molar-refractivity contribution is -0.386. The van der Waals surface area contributed by atoms with Gasteiger partial charge in [0.25, 0.3) is 11.8 Å². The molecule has 0 N–H and O–H groups in total. The van der Waals surface area contributed by atoms with E-state index in [-0.39, 0.29) is 86.4 Å². The van der Waals surface area contributed by atoms with E-state index in [1.807, 2.05) is 0 Å². The number of amides is 3. The maximum Gasteiger partial charge on any atom is 0.410 e. The molecular weight excluding hydrogens is 794 g/mol. The highest BCUT2D eigenvalue weighted by Gasteiger charge is 2.40. The van der Waals surface area contributed by atoms with Crippen LogP contribution in [0.2, 0.25) is 0 Å². The number of nitrogens with zero attached hydrogens (tertiary/aromatic N) is 5. The Bertz CT molecular complexity index is 1950. The van der Waals surface area contributed by atoms with Gasteiger partial charge in [0.1, 0.15) is 42.4 Å². The Kier molecular flexibility index (Phi) is 14.7. The van der Waals surface area contributed by atoms with Crippen molar-refractivity contribution in [2.45, 2.75) is 51.3 Å². The predicted molar refractivity (Wildman–Crippen MR) is 209 cm³/mol. The van der Waals surface area contributed by atoms with Crippen molar-refractivity contribution in [2.75, 3.05) is 67.8 Å². The van der Waals surface area contributed by atoms with Crippen LogP contribution in [0, 0.1) is 20.2 Å². The molecule has 2 aromatic carbocycles. The van der Waals surface area contributed by atoms with Crippen molar-refractivity contribution in [1.82, 2.24) is 14.7 Å². The average molecular weight is 842 g/mol. The molecule has 2 aromatic rings. The van der Waals surface area contributed by atoms with Crippen LogP contribution in [-0.2, 0) is 23.8 Å². The normalized spacial score (nSPS) is 16.2. The van der Waals surface area contributed by atoms with Gasteiger partial charge in [-0.25, -0.2) is 14.4 Å². The first-order valence-corrected chi connectivity index (χ1v) is 18.3. The molecule has 324 valence electrons. The van der Waals surface area contributed by atoms with Crippen molar-refractivity contribution in [3.05, 3.63) is 79.9 Å². The first-order chi connectivity index (χ1) is 28.2. The highest BCUT2D eigenvalue weighted by atomic mass is 16.6. The minimum Gasteiger partial charge on any atom is -0.496 e. The van der Waals surface area contributed by atoms with E-state index in [2.05, 4.69) is 13.2 Å². The van der Waals surface area contributed by atoms with Gasteiger partial charge >= 0.3 is 29.4 Å². The molecule has 21 heteroatoms. The maximum atomic E-state index is 13.6. The van der Waals surface area contributed by atoms with Gasteiger partial charge in [-0.1, -0.05) is 24.3 Å². The number of nitro groups is 2. The molecule has 21 nitrogen and oxygen atoms in total. The van der Waals surface area contributed by atoms with Crippen LogP contribution in [0.3, 0.4) is 0 Å². The smallest absolute Gasteiger partial charge is 0.410 e. The molecule has 0 radical (unpaired) electrons. The molecule has 3 amide bonds. The number of hydrogen-bond donors (Lipinski definition) is 0. The minimum atomic E-state index is -0.988. The number of likely N-dealkylation sites (tertiary alicyclic amines) is 2. The van der Waals surface area contributed by atoms with Crippen LogP contribution in [0.1, 0.15) is 54.3 Å². The molecule has 2 aliphatic heterocycles. The monoisotopic (exact) mass is 841 g/mol. The average Bonchev–Trinajstić information content (AvgIpc) is 3.79. The summed E-state index contributed by atoms with van der Waals surface area (Å²) in [7, 11) is 4.82. The fraction of sp³-hybridized carbons (Fsp3) is 0.462. The van der Waals surface area contributed by atoms with Crippen LogP contribution in [-0.4, -0.2) is 140 Å². The molecule has 2 saturated heterocycles. The first-order valence-electron chi connectivity index (χ1n) is 18.3. The Morgan fingerprint density at radius 1 is 0.700 bits per heavy atom. The Balaban J connectivity index is 1.55. The van der Waals surface area contributed by atoms with Crippen LogP contribution < -0.4 is 18.9 Å². The van der Waals surface area contributed by atoms with Gasteiger partial charge in [0.05, 0.1) is 62.5 Å². The highest BCUT2D eigenvalue weighted by molar-refractivity contribution is 6.01. The Morgan fingerprint density at radius 3 is 1.40 bits per heavy atom. The molecule has 2 fully saturated rings. The number of rotatable bonds is 16. The van der Waals surface area contributed by atoms with Gasteiger partial charge in [0.2, 0.25) is 11.5 Å². The lowest BCUT2D eigenvalue weighted by atomic mass is 10.1. The van der Waals surface area contributed by atoms with Crippen molar-refractivity contribution < 1.29 is 67.0 Å². The number of ether oxygens (including phenoxy) is 7. The fourth-order valence-electron chi connectivity index (χ4n) is 6.47. The van der Waals surface area contributed by atoms with Gasteiger partial charge in [0.15, 0.2) is 0 Å². The predicted octanol–water partition coefficient (Wildman–Crippen LogP) is 4.10. The largest absolute Gasteiger partial charge is 0.496 e. The van der Waals surface area contributed by atoms with E-state index < -0.39 is 68.8 Å². The minimum absolute atomic E-state index is 0.0122.